The number of aliphatic hydroxyl groups excluding tert-OH is 1. The van der Waals surface area contributed by atoms with Crippen molar-refractivity contribution in [2.75, 3.05) is 0 Å². The first-order chi connectivity index (χ1) is 22.1. The van der Waals surface area contributed by atoms with Crippen molar-refractivity contribution in [3.8, 4) is 0 Å². The van der Waals surface area contributed by atoms with Crippen molar-refractivity contribution >= 4 is 34.5 Å². The molecule has 0 spiro atoms. The number of carboxylic acid groups (broad SMARTS) is 1. The number of pyridine rings is 1. The minimum Gasteiger partial charge on any atom is -0.481 e. The number of aliphatic carboxylic acids is 1. The van der Waals surface area contributed by atoms with Crippen molar-refractivity contribution in [1.29, 1.82) is 0 Å². The van der Waals surface area contributed by atoms with E-state index < -0.39 is 46.1 Å². The monoisotopic (exact) mass is 717 g/mol. The van der Waals surface area contributed by atoms with Crippen LogP contribution in [0.15, 0.2) is 41.6 Å². The lowest BCUT2D eigenvalue weighted by Gasteiger charge is -2.46. The molecule has 0 aliphatic heterocycles. The minimum atomic E-state index is -2.37. The van der Waals surface area contributed by atoms with Gasteiger partial charge in [-0.3, -0.25) is 14.6 Å². The Bertz CT molecular complexity index is 1270. The van der Waals surface area contributed by atoms with Crippen molar-refractivity contribution < 1.29 is 28.7 Å². The second-order valence-electron chi connectivity index (χ2n) is 18.0. The number of nitrogens with zero attached hydrogens (tertiary/aromatic N) is 1. The second-order valence-corrected chi connectivity index (χ2v) is 27.5. The summed E-state index contributed by atoms with van der Waals surface area (Å²) >= 11 is 0. The molecule has 9 heteroatoms. The highest BCUT2D eigenvalue weighted by Crippen LogP contribution is 2.44. The van der Waals surface area contributed by atoms with Gasteiger partial charge in [0.15, 0.2) is 16.6 Å². The fourth-order valence-electron chi connectivity index (χ4n) is 5.52. The Morgan fingerprint density at radius 2 is 1.47 bits per heavy atom. The molecule has 0 saturated heterocycles. The fourth-order valence-corrected chi connectivity index (χ4v) is 8.43. The quantitative estimate of drug-likeness (QED) is 0.108. The topological polar surface area (TPSA) is 106 Å². The standard InChI is InChI=1S/C40H71NO6Si2/c1-28(23-24-33(42)30(3)26-32-22-17-18-25-41-32)20-19-21-29(2)36(47-49(15,16)39(8,9)10)31(4)37(45)40(11,12)34(27-35(43)44)46-48(13,14)38(5,6)7/h17-18,22-23,25-26,29,31,33-34,36,42H,19-21,24,27H2,1-16H3,(H,43,44)/b28-23+,30-26+/t29-,31+,33-,34+,36-/m0/s1. The zero-order valence-corrected chi connectivity index (χ0v) is 35.9. The van der Waals surface area contributed by atoms with Crippen molar-refractivity contribution in [1.82, 2.24) is 4.98 Å². The number of carbonyl (C=O) groups excluding carboxylic acids is 1. The molecule has 49 heavy (non-hydrogen) atoms. The minimum absolute atomic E-state index is 0.00721. The molecule has 1 aromatic heterocycles. The average Bonchev–Trinajstić information content (AvgIpc) is 2.96. The number of carboxylic acids is 1. The van der Waals surface area contributed by atoms with Crippen LogP contribution in [-0.2, 0) is 18.4 Å². The highest BCUT2D eigenvalue weighted by Gasteiger charge is 2.49. The molecule has 0 unspecified atom stereocenters. The molecule has 0 aliphatic rings. The molecule has 0 aliphatic carbocycles. The van der Waals surface area contributed by atoms with E-state index in [1.807, 2.05) is 52.0 Å². The van der Waals surface area contributed by atoms with Crippen molar-refractivity contribution in [3.05, 3.63) is 47.3 Å². The summed E-state index contributed by atoms with van der Waals surface area (Å²) in [6.45, 7) is 33.6. The Morgan fingerprint density at radius 1 is 0.918 bits per heavy atom. The highest BCUT2D eigenvalue weighted by molar-refractivity contribution is 6.74. The Morgan fingerprint density at radius 3 is 1.96 bits per heavy atom. The number of carbonyl (C=O) groups is 2. The first kappa shape index (κ1) is 45.1. The number of hydrogen-bond acceptors (Lipinski definition) is 6. The Labute approximate surface area is 301 Å². The largest absolute Gasteiger partial charge is 0.481 e. The van der Waals surface area contributed by atoms with Crippen molar-refractivity contribution in [2.24, 2.45) is 17.3 Å². The summed E-state index contributed by atoms with van der Waals surface area (Å²) in [4.78, 5) is 30.9. The molecule has 280 valence electrons. The summed E-state index contributed by atoms with van der Waals surface area (Å²) in [6, 6.07) is 5.73. The van der Waals surface area contributed by atoms with E-state index in [1.165, 1.54) is 5.57 Å². The average molecular weight is 718 g/mol. The SMILES string of the molecule is C/C(=C\C[C@H](O)/C(C)=C/c1ccccn1)CCC[C@H](C)[C@H](O[Si](C)(C)C(C)(C)C)[C@@H](C)C(=O)C(C)(C)[C@@H](CC(=O)O)O[Si](C)(C)C(C)(C)C. The number of Topliss-reactive ketones (excluding diaryl/α,β-unsaturated/α-hetero) is 1. The first-order valence-electron chi connectivity index (χ1n) is 18.2. The maximum atomic E-state index is 14.5. The van der Waals surface area contributed by atoms with E-state index in [9.17, 15) is 19.8 Å². The molecule has 5 atom stereocenters. The van der Waals surface area contributed by atoms with Gasteiger partial charge in [-0.15, -0.1) is 0 Å². The maximum Gasteiger partial charge on any atom is 0.305 e. The highest BCUT2D eigenvalue weighted by atomic mass is 28.4. The first-order valence-corrected chi connectivity index (χ1v) is 24.0. The lowest BCUT2D eigenvalue weighted by Crippen LogP contribution is -2.54. The van der Waals surface area contributed by atoms with E-state index in [-0.39, 0.29) is 34.3 Å². The number of rotatable bonds is 19. The Kier molecular flexibility index (Phi) is 16.6. The van der Waals surface area contributed by atoms with Crippen molar-refractivity contribution in [2.45, 2.75) is 170 Å². The zero-order valence-electron chi connectivity index (χ0n) is 33.9. The predicted molar refractivity (Wildman–Crippen MR) is 210 cm³/mol. The number of aromatic nitrogens is 1. The van der Waals surface area contributed by atoms with Gasteiger partial charge in [0.1, 0.15) is 5.78 Å². The zero-order chi connectivity index (χ0) is 38.2. The molecule has 0 fully saturated rings. The van der Waals surface area contributed by atoms with Crippen LogP contribution in [0.4, 0.5) is 0 Å². The number of hydrogen-bond donors (Lipinski definition) is 2. The Hall–Kier alpha value is -1.92. The van der Waals surface area contributed by atoms with Crippen LogP contribution >= 0.6 is 0 Å². The smallest absolute Gasteiger partial charge is 0.305 e. The van der Waals surface area contributed by atoms with E-state index >= 15 is 0 Å². The summed E-state index contributed by atoms with van der Waals surface area (Å²) in [7, 11) is -4.63. The van der Waals surface area contributed by atoms with E-state index in [0.717, 1.165) is 30.5 Å². The Balaban J connectivity index is 3.20. The van der Waals surface area contributed by atoms with Crippen LogP contribution < -0.4 is 0 Å². The molecule has 7 nitrogen and oxygen atoms in total. The third-order valence-corrected chi connectivity index (χ3v) is 20.2. The second kappa shape index (κ2) is 18.0. The van der Waals surface area contributed by atoms with Crippen LogP contribution in [0.25, 0.3) is 6.08 Å². The van der Waals surface area contributed by atoms with Gasteiger partial charge in [-0.25, -0.2) is 0 Å². The van der Waals surface area contributed by atoms with Crippen LogP contribution in [0.1, 0.15) is 121 Å². The molecule has 1 heterocycles. The normalized spacial score (nSPS) is 17.3. The van der Waals surface area contributed by atoms with Crippen LogP contribution in [0.3, 0.4) is 0 Å². The van der Waals surface area contributed by atoms with E-state index in [1.54, 1.807) is 6.20 Å². The van der Waals surface area contributed by atoms with Gasteiger partial charge >= 0.3 is 5.97 Å². The van der Waals surface area contributed by atoms with Gasteiger partial charge < -0.3 is 19.1 Å². The molecule has 0 radical (unpaired) electrons. The van der Waals surface area contributed by atoms with Crippen molar-refractivity contribution in [3.63, 3.8) is 0 Å². The molecule has 0 aromatic carbocycles. The summed E-state index contributed by atoms with van der Waals surface area (Å²) in [5.74, 6) is -1.31. The summed E-state index contributed by atoms with van der Waals surface area (Å²) in [5, 5.41) is 20.5. The van der Waals surface area contributed by atoms with Gasteiger partial charge in [-0.2, -0.15) is 0 Å². The molecule has 1 rings (SSSR count). The van der Waals surface area contributed by atoms with Crippen LogP contribution in [0.2, 0.25) is 36.3 Å². The molecule has 2 N–H and O–H groups in total. The summed E-state index contributed by atoms with van der Waals surface area (Å²) < 4.78 is 13.8. The van der Waals surface area contributed by atoms with Crippen LogP contribution in [0.5, 0.6) is 0 Å². The van der Waals surface area contributed by atoms with Crippen LogP contribution in [0, 0.1) is 17.3 Å². The van der Waals surface area contributed by atoms with Gasteiger partial charge in [0.25, 0.3) is 0 Å². The number of ketones is 1. The predicted octanol–water partition coefficient (Wildman–Crippen LogP) is 10.5. The summed E-state index contributed by atoms with van der Waals surface area (Å²) in [6.07, 6.45) is 7.19. The molecule has 1 aromatic rings. The van der Waals surface area contributed by atoms with E-state index in [2.05, 4.69) is 92.6 Å². The van der Waals surface area contributed by atoms with Gasteiger partial charge in [-0.1, -0.05) is 87.0 Å². The maximum absolute atomic E-state index is 14.5. The fraction of sp³-hybridized carbons (Fsp3) is 0.725. The van der Waals surface area contributed by atoms with Gasteiger partial charge in [0, 0.05) is 17.5 Å². The van der Waals surface area contributed by atoms with E-state index in [0.29, 0.717) is 6.42 Å². The third-order valence-electron chi connectivity index (χ3n) is 11.3. The van der Waals surface area contributed by atoms with Crippen LogP contribution in [-0.4, -0.2) is 61.9 Å². The third kappa shape index (κ3) is 13.6. The number of allylic oxidation sites excluding steroid dienone is 1. The van der Waals surface area contributed by atoms with E-state index in [4.69, 9.17) is 8.85 Å². The molecule has 0 bridgehead atoms. The molecule has 0 saturated carbocycles. The molecular formula is C40H71NO6Si2. The summed E-state index contributed by atoms with van der Waals surface area (Å²) in [5.41, 5.74) is 1.91. The van der Waals surface area contributed by atoms with Gasteiger partial charge in [0.05, 0.1) is 30.4 Å². The number of aliphatic hydroxyl groups is 1. The van der Waals surface area contributed by atoms with Gasteiger partial charge in [0.2, 0.25) is 0 Å². The molecule has 0 amide bonds. The van der Waals surface area contributed by atoms with Gasteiger partial charge in [-0.05, 0) is 105 Å². The lowest BCUT2D eigenvalue weighted by atomic mass is 9.73. The lowest BCUT2D eigenvalue weighted by molar-refractivity contribution is -0.146. The molecular weight excluding hydrogens is 647 g/mol.